The van der Waals surface area contributed by atoms with E-state index in [-0.39, 0.29) is 11.7 Å². The molecule has 0 aliphatic rings. The number of hydrazone groups is 1. The molecule has 24 heavy (non-hydrogen) atoms. The molecule has 1 N–H and O–H groups in total. The van der Waals surface area contributed by atoms with Crippen LogP contribution in [0.4, 0.5) is 4.39 Å². The van der Waals surface area contributed by atoms with E-state index >= 15 is 0 Å². The van der Waals surface area contributed by atoms with Gasteiger partial charge in [-0.05, 0) is 55.2 Å². The first-order chi connectivity index (χ1) is 11.7. The van der Waals surface area contributed by atoms with E-state index in [0.717, 1.165) is 24.2 Å². The average Bonchev–Trinajstić information content (AvgIpc) is 2.58. The Morgan fingerprint density at radius 1 is 1.17 bits per heavy atom. The minimum Gasteiger partial charge on any atom is -0.494 e. The van der Waals surface area contributed by atoms with Crippen molar-refractivity contribution in [2.45, 2.75) is 26.2 Å². The number of rotatable bonds is 8. The van der Waals surface area contributed by atoms with Crippen LogP contribution in [0.15, 0.2) is 53.6 Å². The van der Waals surface area contributed by atoms with Crippen molar-refractivity contribution in [2.75, 3.05) is 6.61 Å². The van der Waals surface area contributed by atoms with E-state index in [0.29, 0.717) is 13.0 Å². The Hall–Kier alpha value is -2.69. The van der Waals surface area contributed by atoms with Crippen molar-refractivity contribution in [1.29, 1.82) is 0 Å². The molecule has 5 heteroatoms. The second-order valence-electron chi connectivity index (χ2n) is 5.28. The molecule has 0 bridgehead atoms. The summed E-state index contributed by atoms with van der Waals surface area (Å²) in [5.41, 5.74) is 4.37. The summed E-state index contributed by atoms with van der Waals surface area (Å²) < 4.78 is 18.1. The van der Waals surface area contributed by atoms with Crippen LogP contribution in [-0.4, -0.2) is 18.7 Å². The second-order valence-corrected chi connectivity index (χ2v) is 5.28. The summed E-state index contributed by atoms with van der Waals surface area (Å²) in [7, 11) is 0. The lowest BCUT2D eigenvalue weighted by molar-refractivity contribution is -0.121. The Morgan fingerprint density at radius 3 is 2.54 bits per heavy atom. The minimum atomic E-state index is -0.300. The maximum Gasteiger partial charge on any atom is 0.240 e. The zero-order valence-electron chi connectivity index (χ0n) is 13.7. The molecule has 0 spiro atoms. The van der Waals surface area contributed by atoms with Crippen molar-refractivity contribution in [3.63, 3.8) is 0 Å². The number of nitrogens with one attached hydrogen (secondary N) is 1. The monoisotopic (exact) mass is 328 g/mol. The van der Waals surface area contributed by atoms with Gasteiger partial charge >= 0.3 is 0 Å². The molecule has 0 aliphatic heterocycles. The first kappa shape index (κ1) is 17.7. The summed E-state index contributed by atoms with van der Waals surface area (Å²) in [5, 5.41) is 3.87. The average molecular weight is 328 g/mol. The summed E-state index contributed by atoms with van der Waals surface area (Å²) in [4.78, 5) is 11.7. The molecule has 0 radical (unpaired) electrons. The molecular formula is C19H21FN2O2. The summed E-state index contributed by atoms with van der Waals surface area (Å²) in [6, 6.07) is 13.8. The van der Waals surface area contributed by atoms with Gasteiger partial charge in [0.1, 0.15) is 11.6 Å². The summed E-state index contributed by atoms with van der Waals surface area (Å²) >= 11 is 0. The molecular weight excluding hydrogens is 307 g/mol. The Morgan fingerprint density at radius 2 is 1.88 bits per heavy atom. The summed E-state index contributed by atoms with van der Waals surface area (Å²) in [6.07, 6.45) is 3.45. The van der Waals surface area contributed by atoms with E-state index in [1.165, 1.54) is 23.9 Å². The summed E-state index contributed by atoms with van der Waals surface area (Å²) in [5.74, 6) is 0.416. The number of benzene rings is 2. The van der Waals surface area contributed by atoms with Gasteiger partial charge in [-0.3, -0.25) is 4.79 Å². The molecule has 0 atom stereocenters. The lowest BCUT2D eigenvalue weighted by Crippen LogP contribution is -2.17. The SMILES string of the molecule is CCOc1ccc(CCCC(=O)NN=Cc2ccc(F)cc2)cc1. The number of hydrogen-bond acceptors (Lipinski definition) is 3. The number of amides is 1. The quantitative estimate of drug-likeness (QED) is 0.593. The van der Waals surface area contributed by atoms with Crippen LogP contribution in [0.1, 0.15) is 30.9 Å². The fourth-order valence-electron chi connectivity index (χ4n) is 2.16. The van der Waals surface area contributed by atoms with E-state index in [2.05, 4.69) is 10.5 Å². The van der Waals surface area contributed by atoms with Gasteiger partial charge in [-0.2, -0.15) is 5.10 Å². The molecule has 2 aromatic carbocycles. The highest BCUT2D eigenvalue weighted by molar-refractivity contribution is 5.82. The van der Waals surface area contributed by atoms with Crippen LogP contribution in [0.3, 0.4) is 0 Å². The standard InChI is InChI=1S/C19H21FN2O2/c1-2-24-18-12-8-15(9-13-18)4-3-5-19(23)22-21-14-16-6-10-17(20)11-7-16/h6-14H,2-5H2,1H3,(H,22,23). The van der Waals surface area contributed by atoms with E-state index < -0.39 is 0 Å². The van der Waals surface area contributed by atoms with Gasteiger partial charge in [0.05, 0.1) is 12.8 Å². The van der Waals surface area contributed by atoms with Gasteiger partial charge in [-0.25, -0.2) is 9.82 Å². The largest absolute Gasteiger partial charge is 0.494 e. The van der Waals surface area contributed by atoms with E-state index in [1.807, 2.05) is 31.2 Å². The fraction of sp³-hybridized carbons (Fsp3) is 0.263. The van der Waals surface area contributed by atoms with Crippen LogP contribution in [0, 0.1) is 5.82 Å². The van der Waals surface area contributed by atoms with Crippen LogP contribution in [0.25, 0.3) is 0 Å². The van der Waals surface area contributed by atoms with Crippen molar-refractivity contribution in [3.8, 4) is 5.75 Å². The highest BCUT2D eigenvalue weighted by Crippen LogP contribution is 2.13. The maximum atomic E-state index is 12.8. The predicted molar refractivity (Wildman–Crippen MR) is 92.7 cm³/mol. The number of aryl methyl sites for hydroxylation is 1. The van der Waals surface area contributed by atoms with Crippen molar-refractivity contribution in [3.05, 3.63) is 65.5 Å². The molecule has 0 fully saturated rings. The zero-order valence-corrected chi connectivity index (χ0v) is 13.7. The third-order valence-electron chi connectivity index (χ3n) is 3.38. The Bertz CT molecular complexity index is 667. The van der Waals surface area contributed by atoms with Gasteiger partial charge in [-0.1, -0.05) is 24.3 Å². The van der Waals surface area contributed by atoms with E-state index in [9.17, 15) is 9.18 Å². The van der Waals surface area contributed by atoms with Gasteiger partial charge in [0.25, 0.3) is 0 Å². The molecule has 0 saturated heterocycles. The van der Waals surface area contributed by atoms with Gasteiger partial charge in [0, 0.05) is 6.42 Å². The predicted octanol–water partition coefficient (Wildman–Crippen LogP) is 3.70. The Labute approximate surface area is 141 Å². The van der Waals surface area contributed by atoms with E-state index in [4.69, 9.17) is 4.74 Å². The van der Waals surface area contributed by atoms with Crippen molar-refractivity contribution in [2.24, 2.45) is 5.10 Å². The molecule has 2 rings (SSSR count). The van der Waals surface area contributed by atoms with Crippen molar-refractivity contribution < 1.29 is 13.9 Å². The fourth-order valence-corrected chi connectivity index (χ4v) is 2.16. The maximum absolute atomic E-state index is 12.8. The molecule has 2 aromatic rings. The molecule has 0 saturated carbocycles. The summed E-state index contributed by atoms with van der Waals surface area (Å²) in [6.45, 7) is 2.60. The number of halogens is 1. The number of ether oxygens (including phenoxy) is 1. The lowest BCUT2D eigenvalue weighted by atomic mass is 10.1. The van der Waals surface area contributed by atoms with Crippen LogP contribution >= 0.6 is 0 Å². The van der Waals surface area contributed by atoms with Crippen molar-refractivity contribution >= 4 is 12.1 Å². The first-order valence-electron chi connectivity index (χ1n) is 7.96. The van der Waals surface area contributed by atoms with E-state index in [1.54, 1.807) is 12.1 Å². The van der Waals surface area contributed by atoms with Crippen molar-refractivity contribution in [1.82, 2.24) is 5.43 Å². The van der Waals surface area contributed by atoms with Crippen LogP contribution in [0.5, 0.6) is 5.75 Å². The molecule has 4 nitrogen and oxygen atoms in total. The Kier molecular flexibility index (Phi) is 6.95. The molecule has 0 aliphatic carbocycles. The highest BCUT2D eigenvalue weighted by Gasteiger charge is 2.01. The third-order valence-corrected chi connectivity index (χ3v) is 3.38. The smallest absolute Gasteiger partial charge is 0.240 e. The number of hydrogen-bond donors (Lipinski definition) is 1. The number of carbonyl (C=O) groups excluding carboxylic acids is 1. The normalized spacial score (nSPS) is 10.8. The Balaban J connectivity index is 1.68. The second kappa shape index (κ2) is 9.45. The van der Waals surface area contributed by atoms with Gasteiger partial charge in [0.2, 0.25) is 5.91 Å². The van der Waals surface area contributed by atoms with Gasteiger partial charge in [0.15, 0.2) is 0 Å². The van der Waals surface area contributed by atoms with Crippen LogP contribution in [-0.2, 0) is 11.2 Å². The zero-order chi connectivity index (χ0) is 17.2. The number of carbonyl (C=O) groups is 1. The highest BCUT2D eigenvalue weighted by atomic mass is 19.1. The molecule has 0 heterocycles. The van der Waals surface area contributed by atoms with Gasteiger partial charge in [-0.15, -0.1) is 0 Å². The molecule has 126 valence electrons. The molecule has 0 unspecified atom stereocenters. The third kappa shape index (κ3) is 6.20. The topological polar surface area (TPSA) is 50.7 Å². The number of nitrogens with zero attached hydrogens (tertiary/aromatic N) is 1. The van der Waals surface area contributed by atoms with Gasteiger partial charge < -0.3 is 4.74 Å². The van der Waals surface area contributed by atoms with Crippen LogP contribution in [0.2, 0.25) is 0 Å². The molecule has 0 aromatic heterocycles. The minimum absolute atomic E-state index is 0.140. The first-order valence-corrected chi connectivity index (χ1v) is 7.96. The lowest BCUT2D eigenvalue weighted by Gasteiger charge is -2.05. The molecule has 1 amide bonds. The van der Waals surface area contributed by atoms with Crippen LogP contribution < -0.4 is 10.2 Å².